The number of anilines is 3. The van der Waals surface area contributed by atoms with Crippen molar-refractivity contribution in [2.24, 2.45) is 0 Å². The summed E-state index contributed by atoms with van der Waals surface area (Å²) in [6.07, 6.45) is 7.57. The largest absolute Gasteiger partial charge is 0.455 e. The molecule has 14 rings (SSSR count). The lowest BCUT2D eigenvalue weighted by Crippen LogP contribution is -2.17. The third kappa shape index (κ3) is 5.89. The molecule has 2 aliphatic rings. The summed E-state index contributed by atoms with van der Waals surface area (Å²) in [4.78, 5) is 2.39. The minimum atomic E-state index is -0.257. The first kappa shape index (κ1) is 40.5. The van der Waals surface area contributed by atoms with Gasteiger partial charge in [-0.25, -0.2) is 0 Å². The fourth-order valence-corrected chi connectivity index (χ4v) is 11.9. The Labute approximate surface area is 406 Å². The predicted molar refractivity (Wildman–Crippen MR) is 293 cm³/mol. The Morgan fingerprint density at radius 2 is 1.11 bits per heavy atom. The van der Waals surface area contributed by atoms with Crippen molar-refractivity contribution >= 4 is 84.0 Å². The molecule has 0 fully saturated rings. The van der Waals surface area contributed by atoms with Gasteiger partial charge in [0.25, 0.3) is 0 Å². The third-order valence-electron chi connectivity index (χ3n) is 15.4. The van der Waals surface area contributed by atoms with Crippen LogP contribution in [0.15, 0.2) is 210 Å². The van der Waals surface area contributed by atoms with Gasteiger partial charge in [-0.15, -0.1) is 0 Å². The molecular weight excluding hydrogens is 853 g/mol. The maximum Gasteiger partial charge on any atom is 0.143 e. The lowest BCUT2D eigenvalue weighted by molar-refractivity contribution is 0.659. The van der Waals surface area contributed by atoms with Crippen LogP contribution in [0.5, 0.6) is 0 Å². The molecule has 4 nitrogen and oxygen atoms in total. The number of para-hydroxylation sites is 5. The van der Waals surface area contributed by atoms with Crippen molar-refractivity contribution in [3.63, 3.8) is 0 Å². The van der Waals surface area contributed by atoms with Crippen LogP contribution in [0.3, 0.4) is 0 Å². The van der Waals surface area contributed by atoms with Crippen molar-refractivity contribution in [3.05, 3.63) is 229 Å². The van der Waals surface area contributed by atoms with E-state index in [0.717, 1.165) is 95.2 Å². The van der Waals surface area contributed by atoms with Gasteiger partial charge in [0, 0.05) is 89.0 Å². The van der Waals surface area contributed by atoms with E-state index in [2.05, 4.69) is 225 Å². The number of furan rings is 2. The van der Waals surface area contributed by atoms with Crippen molar-refractivity contribution in [3.8, 4) is 39.1 Å². The first-order chi connectivity index (χ1) is 34.3. The minimum Gasteiger partial charge on any atom is -0.455 e. The molecule has 0 saturated carbocycles. The molecule has 0 N–H and O–H groups in total. The Bertz CT molecular complexity index is 4160. The summed E-state index contributed by atoms with van der Waals surface area (Å²) in [5.74, 6) is 0.422. The summed E-state index contributed by atoms with van der Waals surface area (Å²) in [7, 11) is 0. The quantitative estimate of drug-likeness (QED) is 0.160. The van der Waals surface area contributed by atoms with E-state index in [4.69, 9.17) is 8.83 Å². The van der Waals surface area contributed by atoms with Gasteiger partial charge >= 0.3 is 0 Å². The predicted octanol–water partition coefficient (Wildman–Crippen LogP) is 18.7. The third-order valence-corrected chi connectivity index (χ3v) is 15.4. The molecule has 1 unspecified atom stereocenters. The highest BCUT2D eigenvalue weighted by molar-refractivity contribution is 6.12. The standard InChI is InChI=1S/C66H48N2O2/c1-5-41-15-11-21-56-57-23-13-19-49(65(57)70-63(41)56)43-28-32-45(33-29-43)67(44-30-26-42(27-31-44)48-18-12-22-55-53-17-7-9-25-61(53)69-64(48)55)46-34-36-50-51-37-35-47(39-59(51)66(3,4)58(50)38-46)68-60-24-8-6-16-52(60)54-20-10-14-40(2)62(54)68/h5-13,15-40H,1,14H2,2-4H3. The summed E-state index contributed by atoms with van der Waals surface area (Å²) in [6, 6.07) is 68.4. The molecule has 0 radical (unpaired) electrons. The molecule has 12 aromatic rings. The Morgan fingerprint density at radius 3 is 1.83 bits per heavy atom. The van der Waals surface area contributed by atoms with Crippen LogP contribution in [0.2, 0.25) is 0 Å². The SMILES string of the molecule is C=Cc1cccc2c1oc1c(-c3ccc(N(c4ccc(-c5cccc6c5oc5ccccc56)cc4)c4ccc5c(c4)C(C)(C)c4cc(-n6c7c(c8ccccc86)C=CCC7C)ccc4-5)cc3)cccc12. The van der Waals surface area contributed by atoms with E-state index in [1.165, 1.54) is 50.1 Å². The summed E-state index contributed by atoms with van der Waals surface area (Å²) in [6.45, 7) is 11.2. The summed E-state index contributed by atoms with van der Waals surface area (Å²) in [5, 5.41) is 5.77. The van der Waals surface area contributed by atoms with E-state index in [0.29, 0.717) is 5.92 Å². The maximum atomic E-state index is 6.64. The summed E-state index contributed by atoms with van der Waals surface area (Å²) >= 11 is 0. The average molecular weight is 901 g/mol. The molecule has 1 atom stereocenters. The van der Waals surface area contributed by atoms with Crippen molar-refractivity contribution < 1.29 is 8.83 Å². The van der Waals surface area contributed by atoms with Crippen molar-refractivity contribution in [2.75, 3.05) is 4.90 Å². The van der Waals surface area contributed by atoms with Crippen LogP contribution in [-0.2, 0) is 5.41 Å². The molecule has 3 aromatic heterocycles. The zero-order valence-corrected chi connectivity index (χ0v) is 39.3. The first-order valence-corrected chi connectivity index (χ1v) is 24.4. The molecule has 0 bridgehead atoms. The second-order valence-corrected chi connectivity index (χ2v) is 19.7. The zero-order chi connectivity index (χ0) is 46.8. The average Bonchev–Trinajstić information content (AvgIpc) is 4.14. The lowest BCUT2D eigenvalue weighted by atomic mass is 9.82. The topological polar surface area (TPSA) is 34.5 Å². The molecule has 9 aromatic carbocycles. The zero-order valence-electron chi connectivity index (χ0n) is 39.3. The molecule has 0 aliphatic heterocycles. The number of aromatic nitrogens is 1. The molecule has 3 heterocycles. The molecule has 0 amide bonds. The van der Waals surface area contributed by atoms with E-state index in [9.17, 15) is 0 Å². The van der Waals surface area contributed by atoms with Gasteiger partial charge < -0.3 is 18.3 Å². The number of benzene rings is 9. The highest BCUT2D eigenvalue weighted by Crippen LogP contribution is 2.52. The van der Waals surface area contributed by atoms with E-state index < -0.39 is 0 Å². The number of allylic oxidation sites excluding steroid dienone is 1. The molecule has 2 aliphatic carbocycles. The smallest absolute Gasteiger partial charge is 0.143 e. The van der Waals surface area contributed by atoms with Crippen LogP contribution in [0, 0.1) is 0 Å². The number of nitrogens with zero attached hydrogens (tertiary/aromatic N) is 2. The number of hydrogen-bond acceptors (Lipinski definition) is 3. The van der Waals surface area contributed by atoms with E-state index >= 15 is 0 Å². The molecule has 0 saturated heterocycles. The Morgan fingerprint density at radius 1 is 0.543 bits per heavy atom. The van der Waals surface area contributed by atoms with Gasteiger partial charge in [-0.2, -0.15) is 0 Å². The summed E-state index contributed by atoms with van der Waals surface area (Å²) < 4.78 is 15.7. The van der Waals surface area contributed by atoms with Crippen LogP contribution in [0.1, 0.15) is 61.1 Å². The number of rotatable bonds is 7. The van der Waals surface area contributed by atoms with Crippen LogP contribution in [-0.4, -0.2) is 4.57 Å². The van der Waals surface area contributed by atoms with Crippen LogP contribution >= 0.6 is 0 Å². The van der Waals surface area contributed by atoms with E-state index in [1.807, 2.05) is 18.2 Å². The van der Waals surface area contributed by atoms with Crippen molar-refractivity contribution in [1.82, 2.24) is 4.57 Å². The van der Waals surface area contributed by atoms with Crippen LogP contribution in [0.25, 0.3) is 106 Å². The van der Waals surface area contributed by atoms with Gasteiger partial charge in [0.15, 0.2) is 0 Å². The second-order valence-electron chi connectivity index (χ2n) is 19.7. The van der Waals surface area contributed by atoms with Gasteiger partial charge in [0.1, 0.15) is 22.3 Å². The van der Waals surface area contributed by atoms with Crippen molar-refractivity contribution in [2.45, 2.75) is 38.5 Å². The first-order valence-electron chi connectivity index (χ1n) is 24.4. The van der Waals surface area contributed by atoms with E-state index in [1.54, 1.807) is 0 Å². The van der Waals surface area contributed by atoms with E-state index in [-0.39, 0.29) is 5.41 Å². The molecule has 334 valence electrons. The highest BCUT2D eigenvalue weighted by atomic mass is 16.3. The van der Waals surface area contributed by atoms with Gasteiger partial charge in [-0.1, -0.05) is 173 Å². The summed E-state index contributed by atoms with van der Waals surface area (Å²) in [5.41, 5.74) is 22.3. The maximum absolute atomic E-state index is 6.64. The Hall–Kier alpha value is -8.60. The van der Waals surface area contributed by atoms with Crippen molar-refractivity contribution in [1.29, 1.82) is 0 Å². The molecule has 0 spiro atoms. The van der Waals surface area contributed by atoms with Crippen LogP contribution < -0.4 is 4.90 Å². The molecular formula is C66H48N2O2. The van der Waals surface area contributed by atoms with Gasteiger partial charge in [-0.05, 0) is 100 Å². The second kappa shape index (κ2) is 15.2. The monoisotopic (exact) mass is 900 g/mol. The normalized spacial score (nSPS) is 14.7. The minimum absolute atomic E-state index is 0.257. The van der Waals surface area contributed by atoms with Gasteiger partial charge in [-0.3, -0.25) is 0 Å². The fraction of sp³-hybridized carbons (Fsp3) is 0.0909. The lowest BCUT2D eigenvalue weighted by Gasteiger charge is -2.28. The Balaban J connectivity index is 0.886. The number of hydrogen-bond donors (Lipinski definition) is 0. The van der Waals surface area contributed by atoms with Crippen LogP contribution in [0.4, 0.5) is 17.1 Å². The molecule has 70 heavy (non-hydrogen) atoms. The molecule has 4 heteroatoms. The highest BCUT2D eigenvalue weighted by Gasteiger charge is 2.37. The number of fused-ring (bicyclic) bond motifs is 12. The fourth-order valence-electron chi connectivity index (χ4n) is 11.9. The van der Waals surface area contributed by atoms with Gasteiger partial charge in [0.2, 0.25) is 0 Å². The van der Waals surface area contributed by atoms with Gasteiger partial charge in [0.05, 0.1) is 5.52 Å². The Kier molecular flexibility index (Phi) is 8.79.